The van der Waals surface area contributed by atoms with Crippen LogP contribution in [0.25, 0.3) is 0 Å². The monoisotopic (exact) mass is 504 g/mol. The molecule has 6 unspecified atom stereocenters. The lowest BCUT2D eigenvalue weighted by Gasteiger charge is -2.17. The van der Waals surface area contributed by atoms with Gasteiger partial charge in [0.2, 0.25) is 0 Å². The Morgan fingerprint density at radius 2 is 1.03 bits per heavy atom. The fraction of sp³-hybridized carbons (Fsp3) is 0.867. The van der Waals surface area contributed by atoms with Crippen molar-refractivity contribution >= 4 is 23.5 Å². The number of esters is 2. The number of hydrogen-bond donors (Lipinski definition) is 0. The van der Waals surface area contributed by atoms with E-state index in [1.54, 1.807) is 0 Å². The molecule has 4 aliphatic rings. The van der Waals surface area contributed by atoms with Gasteiger partial charge in [-0.25, -0.2) is 0 Å². The molecule has 4 fully saturated rings. The van der Waals surface area contributed by atoms with Gasteiger partial charge in [0, 0.05) is 39.5 Å². The molecule has 4 aliphatic carbocycles. The normalized spacial score (nSPS) is 30.5. The Morgan fingerprint density at radius 3 is 1.42 bits per heavy atom. The molecule has 0 amide bonds. The first-order valence-corrected chi connectivity index (χ1v) is 14.6. The first-order valence-electron chi connectivity index (χ1n) is 14.6. The summed E-state index contributed by atoms with van der Waals surface area (Å²) in [6, 6.07) is 0. The summed E-state index contributed by atoms with van der Waals surface area (Å²) in [4.78, 5) is 44.0. The minimum Gasteiger partial charge on any atom is -0.466 e. The van der Waals surface area contributed by atoms with Crippen molar-refractivity contribution in [1.82, 2.24) is 0 Å². The molecule has 0 heterocycles. The quantitative estimate of drug-likeness (QED) is 0.231. The second kappa shape index (κ2) is 14.9. The molecule has 0 saturated heterocycles. The number of hydrogen-bond acceptors (Lipinski definition) is 6. The molecule has 0 spiro atoms. The molecule has 4 saturated carbocycles. The molecule has 0 aliphatic heterocycles. The lowest BCUT2D eigenvalue weighted by Crippen LogP contribution is -2.09. The number of ether oxygens (including phenoxy) is 2. The van der Waals surface area contributed by atoms with Gasteiger partial charge in [0.15, 0.2) is 0 Å². The molecule has 36 heavy (non-hydrogen) atoms. The highest BCUT2D eigenvalue weighted by Crippen LogP contribution is 2.48. The standard InChI is InChI=1S/2C15H24O3/c2*1-11(16)18-8-4-2-3-5-12-6-7-13-9-14(17)10-15(12)13/h2*12-13,15H,2-10H2,1H3. The van der Waals surface area contributed by atoms with Crippen LogP contribution >= 0.6 is 0 Å². The lowest BCUT2D eigenvalue weighted by atomic mass is 9.88. The van der Waals surface area contributed by atoms with E-state index in [-0.39, 0.29) is 11.9 Å². The molecule has 0 aromatic heterocycles. The molecule has 204 valence electrons. The highest BCUT2D eigenvalue weighted by molar-refractivity contribution is 5.81. The van der Waals surface area contributed by atoms with Crippen molar-refractivity contribution in [3.63, 3.8) is 0 Å². The van der Waals surface area contributed by atoms with Crippen molar-refractivity contribution in [1.29, 1.82) is 0 Å². The summed E-state index contributed by atoms with van der Waals surface area (Å²) in [5.74, 6) is 5.01. The van der Waals surface area contributed by atoms with E-state index in [1.165, 1.54) is 65.2 Å². The van der Waals surface area contributed by atoms with Crippen LogP contribution in [0.5, 0.6) is 0 Å². The summed E-state index contributed by atoms with van der Waals surface area (Å²) in [5, 5.41) is 0. The Kier molecular flexibility index (Phi) is 11.9. The molecule has 0 bridgehead atoms. The summed E-state index contributed by atoms with van der Waals surface area (Å²) in [6.45, 7) is 4.03. The van der Waals surface area contributed by atoms with E-state index in [2.05, 4.69) is 0 Å². The Hall–Kier alpha value is -1.72. The van der Waals surface area contributed by atoms with Gasteiger partial charge in [-0.15, -0.1) is 0 Å². The van der Waals surface area contributed by atoms with E-state index < -0.39 is 0 Å². The summed E-state index contributed by atoms with van der Waals surface area (Å²) in [7, 11) is 0. The van der Waals surface area contributed by atoms with Crippen molar-refractivity contribution in [2.24, 2.45) is 35.5 Å². The number of rotatable bonds is 12. The summed E-state index contributed by atoms with van der Waals surface area (Å²) in [6.07, 6.45) is 17.8. The third-order valence-corrected chi connectivity index (χ3v) is 9.19. The maximum atomic E-state index is 11.4. The highest BCUT2D eigenvalue weighted by atomic mass is 16.5. The van der Waals surface area contributed by atoms with E-state index in [4.69, 9.17) is 9.47 Å². The Balaban J connectivity index is 0.000000201. The van der Waals surface area contributed by atoms with Crippen LogP contribution < -0.4 is 0 Å². The molecule has 6 heteroatoms. The molecule has 0 aromatic carbocycles. The molecule has 0 aromatic rings. The van der Waals surface area contributed by atoms with Crippen LogP contribution in [0.3, 0.4) is 0 Å². The minimum atomic E-state index is -0.182. The minimum absolute atomic E-state index is 0.182. The van der Waals surface area contributed by atoms with Crippen LogP contribution in [-0.2, 0) is 28.7 Å². The van der Waals surface area contributed by atoms with E-state index in [1.807, 2.05) is 0 Å². The van der Waals surface area contributed by atoms with Gasteiger partial charge in [-0.3, -0.25) is 19.2 Å². The zero-order valence-electron chi connectivity index (χ0n) is 22.6. The fourth-order valence-electron chi connectivity index (χ4n) is 7.45. The molecule has 6 nitrogen and oxygen atoms in total. The average molecular weight is 505 g/mol. The number of carbonyl (C=O) groups is 4. The summed E-state index contributed by atoms with van der Waals surface area (Å²) >= 11 is 0. The van der Waals surface area contributed by atoms with E-state index in [0.717, 1.165) is 63.2 Å². The zero-order valence-corrected chi connectivity index (χ0v) is 22.6. The van der Waals surface area contributed by atoms with Crippen LogP contribution in [0.2, 0.25) is 0 Å². The van der Waals surface area contributed by atoms with Crippen LogP contribution in [-0.4, -0.2) is 36.7 Å². The van der Waals surface area contributed by atoms with Gasteiger partial charge in [0.05, 0.1) is 13.2 Å². The third-order valence-electron chi connectivity index (χ3n) is 9.19. The van der Waals surface area contributed by atoms with Gasteiger partial charge < -0.3 is 9.47 Å². The maximum absolute atomic E-state index is 11.4. The van der Waals surface area contributed by atoms with Crippen LogP contribution in [0, 0.1) is 35.5 Å². The Labute approximate surface area is 217 Å². The van der Waals surface area contributed by atoms with Gasteiger partial charge in [-0.2, -0.15) is 0 Å². The van der Waals surface area contributed by atoms with E-state index in [0.29, 0.717) is 48.5 Å². The predicted molar refractivity (Wildman–Crippen MR) is 138 cm³/mol. The van der Waals surface area contributed by atoms with Crippen LogP contribution in [0.15, 0.2) is 0 Å². The van der Waals surface area contributed by atoms with Gasteiger partial charge in [0.1, 0.15) is 11.6 Å². The smallest absolute Gasteiger partial charge is 0.302 e. The predicted octanol–water partition coefficient (Wildman–Crippen LogP) is 6.23. The second-order valence-corrected chi connectivity index (χ2v) is 11.8. The fourth-order valence-corrected chi connectivity index (χ4v) is 7.45. The van der Waals surface area contributed by atoms with Gasteiger partial charge in [-0.1, -0.05) is 38.5 Å². The van der Waals surface area contributed by atoms with Crippen LogP contribution in [0.1, 0.15) is 117 Å². The first kappa shape index (κ1) is 28.8. The lowest BCUT2D eigenvalue weighted by molar-refractivity contribution is -0.142. The number of fused-ring (bicyclic) bond motifs is 2. The molecular weight excluding hydrogens is 456 g/mol. The van der Waals surface area contributed by atoms with Crippen molar-refractivity contribution in [3.05, 3.63) is 0 Å². The Morgan fingerprint density at radius 1 is 0.611 bits per heavy atom. The topological polar surface area (TPSA) is 86.7 Å². The van der Waals surface area contributed by atoms with Crippen molar-refractivity contribution < 1.29 is 28.7 Å². The number of carbonyl (C=O) groups excluding carboxylic acids is 4. The Bertz CT molecular complexity index is 684. The van der Waals surface area contributed by atoms with Crippen molar-refractivity contribution in [3.8, 4) is 0 Å². The summed E-state index contributed by atoms with van der Waals surface area (Å²) < 4.78 is 9.83. The van der Waals surface area contributed by atoms with Gasteiger partial charge >= 0.3 is 11.9 Å². The average Bonchev–Trinajstić information content (AvgIpc) is 3.56. The highest BCUT2D eigenvalue weighted by Gasteiger charge is 2.43. The molecule has 6 atom stereocenters. The number of ketones is 2. The van der Waals surface area contributed by atoms with E-state index in [9.17, 15) is 19.2 Å². The second-order valence-electron chi connectivity index (χ2n) is 11.8. The SMILES string of the molecule is CC(=O)OCCCCCC1CCC2CC(=O)CC12.CC(=O)OCCCCCC1CCC2CC(=O)CC12. The van der Waals surface area contributed by atoms with Gasteiger partial charge in [0.25, 0.3) is 0 Å². The number of Topliss-reactive ketones (excluding diaryl/α,β-unsaturated/α-hetero) is 2. The third kappa shape index (κ3) is 9.30. The van der Waals surface area contributed by atoms with Crippen molar-refractivity contribution in [2.75, 3.05) is 13.2 Å². The summed E-state index contributed by atoms with van der Waals surface area (Å²) in [5.41, 5.74) is 0. The van der Waals surface area contributed by atoms with E-state index >= 15 is 0 Å². The first-order chi connectivity index (χ1) is 17.3. The van der Waals surface area contributed by atoms with Crippen LogP contribution in [0.4, 0.5) is 0 Å². The number of unbranched alkanes of at least 4 members (excludes halogenated alkanes) is 4. The maximum Gasteiger partial charge on any atom is 0.302 e. The van der Waals surface area contributed by atoms with Crippen molar-refractivity contribution in [2.45, 2.75) is 117 Å². The zero-order chi connectivity index (χ0) is 25.9. The largest absolute Gasteiger partial charge is 0.466 e. The van der Waals surface area contributed by atoms with Gasteiger partial charge in [-0.05, 0) is 74.0 Å². The molecule has 0 radical (unpaired) electrons. The molecule has 4 rings (SSSR count). The molecule has 0 N–H and O–H groups in total. The molecular formula is C30H48O6.